The number of piperidine rings is 1. The van der Waals surface area contributed by atoms with E-state index in [-0.39, 0.29) is 11.8 Å². The molecule has 0 aromatic heterocycles. The summed E-state index contributed by atoms with van der Waals surface area (Å²) >= 11 is 3.47. The van der Waals surface area contributed by atoms with Crippen molar-refractivity contribution >= 4 is 21.8 Å². The van der Waals surface area contributed by atoms with Crippen LogP contribution in [0.1, 0.15) is 18.4 Å². The van der Waals surface area contributed by atoms with Crippen molar-refractivity contribution in [1.82, 2.24) is 4.90 Å². The number of hydrogen-bond acceptors (Lipinski definition) is 2. The maximum atomic E-state index is 11.2. The van der Waals surface area contributed by atoms with Crippen LogP contribution in [0.25, 0.3) is 0 Å². The van der Waals surface area contributed by atoms with E-state index in [1.54, 1.807) is 0 Å². The number of nitrogens with two attached hydrogens (primary N) is 1. The van der Waals surface area contributed by atoms with Gasteiger partial charge in [-0.1, -0.05) is 28.1 Å². The monoisotopic (exact) mass is 296 g/mol. The highest BCUT2D eigenvalue weighted by molar-refractivity contribution is 9.10. The third-order valence-electron chi connectivity index (χ3n) is 3.20. The lowest BCUT2D eigenvalue weighted by Gasteiger charge is -2.31. The van der Waals surface area contributed by atoms with Crippen LogP contribution >= 0.6 is 15.9 Å². The summed E-state index contributed by atoms with van der Waals surface area (Å²) in [6.07, 6.45) is 1.99. The zero-order valence-corrected chi connectivity index (χ0v) is 11.3. The van der Waals surface area contributed by atoms with Crippen molar-refractivity contribution in [2.45, 2.75) is 19.4 Å². The van der Waals surface area contributed by atoms with Gasteiger partial charge in [0.15, 0.2) is 0 Å². The van der Waals surface area contributed by atoms with Crippen LogP contribution in [0.15, 0.2) is 28.7 Å². The molecule has 17 heavy (non-hydrogen) atoms. The first-order valence-electron chi connectivity index (χ1n) is 5.91. The molecule has 1 aliphatic heterocycles. The van der Waals surface area contributed by atoms with Crippen LogP contribution in [0.4, 0.5) is 0 Å². The molecule has 1 aromatic carbocycles. The quantitative estimate of drug-likeness (QED) is 0.929. The normalized spacial score (nSPS) is 21.4. The maximum absolute atomic E-state index is 11.2. The molecule has 1 atom stereocenters. The fourth-order valence-electron chi connectivity index (χ4n) is 2.32. The second-order valence-corrected chi connectivity index (χ2v) is 5.52. The van der Waals surface area contributed by atoms with Gasteiger partial charge in [-0.25, -0.2) is 0 Å². The van der Waals surface area contributed by atoms with Crippen molar-refractivity contribution in [2.24, 2.45) is 11.7 Å². The van der Waals surface area contributed by atoms with E-state index in [4.69, 9.17) is 5.73 Å². The Morgan fingerprint density at radius 2 is 2.35 bits per heavy atom. The largest absolute Gasteiger partial charge is 0.369 e. The molecule has 0 aliphatic carbocycles. The highest BCUT2D eigenvalue weighted by Crippen LogP contribution is 2.19. The molecule has 2 rings (SSSR count). The minimum atomic E-state index is -0.163. The van der Waals surface area contributed by atoms with Crippen LogP contribution in [0.3, 0.4) is 0 Å². The number of carbonyl (C=O) groups excluding carboxylic acids is 1. The van der Waals surface area contributed by atoms with Crippen LogP contribution < -0.4 is 5.73 Å². The van der Waals surface area contributed by atoms with E-state index in [2.05, 4.69) is 33.0 Å². The average Bonchev–Trinajstić information content (AvgIpc) is 2.29. The third kappa shape index (κ3) is 3.54. The smallest absolute Gasteiger partial charge is 0.221 e. The Balaban J connectivity index is 1.97. The van der Waals surface area contributed by atoms with E-state index in [0.717, 1.165) is 36.9 Å². The van der Waals surface area contributed by atoms with E-state index >= 15 is 0 Å². The predicted octanol–water partition coefficient (Wildman–Crippen LogP) is 2.15. The summed E-state index contributed by atoms with van der Waals surface area (Å²) in [5.74, 6) is -0.139. The number of primary amides is 1. The van der Waals surface area contributed by atoms with Crippen molar-refractivity contribution in [3.05, 3.63) is 34.3 Å². The molecule has 1 heterocycles. The molecule has 0 unspecified atom stereocenters. The van der Waals surface area contributed by atoms with Crippen molar-refractivity contribution in [1.29, 1.82) is 0 Å². The number of halogens is 1. The van der Waals surface area contributed by atoms with Crippen molar-refractivity contribution in [3.63, 3.8) is 0 Å². The summed E-state index contributed by atoms with van der Waals surface area (Å²) in [5, 5.41) is 0. The van der Waals surface area contributed by atoms with E-state index in [1.807, 2.05) is 12.1 Å². The summed E-state index contributed by atoms with van der Waals surface area (Å²) in [7, 11) is 0. The zero-order chi connectivity index (χ0) is 12.3. The number of nitrogens with zero attached hydrogens (tertiary/aromatic N) is 1. The van der Waals surface area contributed by atoms with Gasteiger partial charge in [0.05, 0.1) is 5.92 Å². The van der Waals surface area contributed by atoms with Crippen LogP contribution in [0.2, 0.25) is 0 Å². The molecule has 92 valence electrons. The van der Waals surface area contributed by atoms with Crippen molar-refractivity contribution < 1.29 is 4.79 Å². The molecule has 0 bridgehead atoms. The Morgan fingerprint density at radius 1 is 1.53 bits per heavy atom. The third-order valence-corrected chi connectivity index (χ3v) is 3.70. The summed E-state index contributed by atoms with van der Waals surface area (Å²) < 4.78 is 1.10. The molecule has 3 nitrogen and oxygen atoms in total. The predicted molar refractivity (Wildman–Crippen MR) is 71.3 cm³/mol. The Labute approximate surface area is 110 Å². The number of rotatable bonds is 3. The second kappa shape index (κ2) is 5.65. The molecule has 1 aliphatic rings. The lowest BCUT2D eigenvalue weighted by Crippen LogP contribution is -2.40. The highest BCUT2D eigenvalue weighted by atomic mass is 79.9. The number of benzene rings is 1. The molecule has 1 aromatic rings. The standard InChI is InChI=1S/C13H17BrN2O/c14-12-5-1-3-10(7-12)8-16-6-2-4-11(9-16)13(15)17/h1,3,5,7,11H,2,4,6,8-9H2,(H2,15,17)/t11-/m1/s1. The van der Waals surface area contributed by atoms with Gasteiger partial charge in [0.2, 0.25) is 5.91 Å². The first kappa shape index (κ1) is 12.6. The van der Waals surface area contributed by atoms with Gasteiger partial charge in [-0.2, -0.15) is 0 Å². The number of hydrogen-bond donors (Lipinski definition) is 1. The molecule has 0 spiro atoms. The summed E-state index contributed by atoms with van der Waals surface area (Å²) in [6.45, 7) is 2.74. The molecular weight excluding hydrogens is 280 g/mol. The fourth-order valence-corrected chi connectivity index (χ4v) is 2.77. The Morgan fingerprint density at radius 3 is 3.06 bits per heavy atom. The lowest BCUT2D eigenvalue weighted by atomic mass is 9.97. The van der Waals surface area contributed by atoms with Gasteiger partial charge < -0.3 is 5.73 Å². The van der Waals surface area contributed by atoms with E-state index < -0.39 is 0 Å². The maximum Gasteiger partial charge on any atom is 0.221 e. The summed E-state index contributed by atoms with van der Waals surface area (Å²) in [4.78, 5) is 13.5. The summed E-state index contributed by atoms with van der Waals surface area (Å²) in [6, 6.07) is 8.29. The molecule has 1 fully saturated rings. The molecule has 4 heteroatoms. The van der Waals surface area contributed by atoms with Gasteiger partial charge in [-0.15, -0.1) is 0 Å². The SMILES string of the molecule is NC(=O)[C@@H]1CCCN(Cc2cccc(Br)c2)C1. The van der Waals surface area contributed by atoms with Crippen LogP contribution in [0.5, 0.6) is 0 Å². The van der Waals surface area contributed by atoms with E-state index in [0.29, 0.717) is 0 Å². The van der Waals surface area contributed by atoms with Gasteiger partial charge in [0.25, 0.3) is 0 Å². The van der Waals surface area contributed by atoms with Gasteiger partial charge in [-0.05, 0) is 37.1 Å². The van der Waals surface area contributed by atoms with Gasteiger partial charge in [0, 0.05) is 17.6 Å². The van der Waals surface area contributed by atoms with Gasteiger partial charge in [-0.3, -0.25) is 9.69 Å². The van der Waals surface area contributed by atoms with Gasteiger partial charge >= 0.3 is 0 Å². The second-order valence-electron chi connectivity index (χ2n) is 4.61. The number of carbonyl (C=O) groups is 1. The first-order chi connectivity index (χ1) is 8.15. The topological polar surface area (TPSA) is 46.3 Å². The average molecular weight is 297 g/mol. The molecule has 2 N–H and O–H groups in total. The van der Waals surface area contributed by atoms with Crippen LogP contribution in [-0.4, -0.2) is 23.9 Å². The van der Waals surface area contributed by atoms with Crippen molar-refractivity contribution in [3.8, 4) is 0 Å². The number of amides is 1. The molecule has 1 amide bonds. The minimum Gasteiger partial charge on any atom is -0.369 e. The molecule has 0 saturated carbocycles. The van der Waals surface area contributed by atoms with E-state index in [1.165, 1.54) is 5.56 Å². The zero-order valence-electron chi connectivity index (χ0n) is 9.73. The minimum absolute atomic E-state index is 0.0240. The summed E-state index contributed by atoms with van der Waals surface area (Å²) in [5.41, 5.74) is 6.64. The van der Waals surface area contributed by atoms with Crippen LogP contribution in [-0.2, 0) is 11.3 Å². The molecular formula is C13H17BrN2O. The first-order valence-corrected chi connectivity index (χ1v) is 6.70. The van der Waals surface area contributed by atoms with Crippen LogP contribution in [0, 0.1) is 5.92 Å². The highest BCUT2D eigenvalue weighted by Gasteiger charge is 2.23. The Hall–Kier alpha value is -0.870. The fraction of sp³-hybridized carbons (Fsp3) is 0.462. The lowest BCUT2D eigenvalue weighted by molar-refractivity contribution is -0.123. The van der Waals surface area contributed by atoms with Crippen molar-refractivity contribution in [2.75, 3.05) is 13.1 Å². The van der Waals surface area contributed by atoms with E-state index in [9.17, 15) is 4.79 Å². The Kier molecular flexibility index (Phi) is 4.18. The van der Waals surface area contributed by atoms with Gasteiger partial charge in [0.1, 0.15) is 0 Å². The Bertz CT molecular complexity index is 408. The molecule has 0 radical (unpaired) electrons. The molecule has 1 saturated heterocycles. The number of likely N-dealkylation sites (tertiary alicyclic amines) is 1.